The Balaban J connectivity index is 1.34. The van der Waals surface area contributed by atoms with E-state index in [4.69, 9.17) is 4.74 Å². The van der Waals surface area contributed by atoms with Gasteiger partial charge in [-0.15, -0.1) is 0 Å². The number of carbonyl (C=O) groups is 1. The molecule has 22 heavy (non-hydrogen) atoms. The van der Waals surface area contributed by atoms with E-state index in [-0.39, 0.29) is 17.7 Å². The summed E-state index contributed by atoms with van der Waals surface area (Å²) in [4.78, 5) is 12.2. The molecule has 118 valence electrons. The molecular formula is C17H23N3O2. The lowest BCUT2D eigenvalue weighted by atomic mass is 9.74. The van der Waals surface area contributed by atoms with Crippen LogP contribution in [0.5, 0.6) is 0 Å². The number of amides is 2. The van der Waals surface area contributed by atoms with Crippen LogP contribution in [0.1, 0.15) is 37.7 Å². The molecule has 2 heterocycles. The molecule has 4 rings (SSSR count). The van der Waals surface area contributed by atoms with E-state index in [0.717, 1.165) is 50.9 Å². The van der Waals surface area contributed by atoms with E-state index in [9.17, 15) is 4.79 Å². The van der Waals surface area contributed by atoms with Crippen LogP contribution < -0.4 is 16.0 Å². The average molecular weight is 301 g/mol. The van der Waals surface area contributed by atoms with Gasteiger partial charge in [0.25, 0.3) is 0 Å². The third-order valence-electron chi connectivity index (χ3n) is 5.17. The van der Waals surface area contributed by atoms with Crippen LogP contribution in [0.2, 0.25) is 0 Å². The van der Waals surface area contributed by atoms with Crippen molar-refractivity contribution < 1.29 is 9.53 Å². The fourth-order valence-electron chi connectivity index (χ4n) is 3.81. The minimum absolute atomic E-state index is 0.0649. The summed E-state index contributed by atoms with van der Waals surface area (Å²) in [7, 11) is 0. The van der Waals surface area contributed by atoms with Crippen LogP contribution in [0.4, 0.5) is 16.2 Å². The van der Waals surface area contributed by atoms with Gasteiger partial charge >= 0.3 is 6.03 Å². The normalized spacial score (nSPS) is 25.0. The summed E-state index contributed by atoms with van der Waals surface area (Å²) in [6.45, 7) is 1.74. The quantitative estimate of drug-likeness (QED) is 0.787. The van der Waals surface area contributed by atoms with Crippen molar-refractivity contribution in [2.75, 3.05) is 23.8 Å². The first-order chi connectivity index (χ1) is 10.7. The predicted molar refractivity (Wildman–Crippen MR) is 86.3 cm³/mol. The van der Waals surface area contributed by atoms with Crippen molar-refractivity contribution >= 4 is 17.4 Å². The molecule has 1 saturated carbocycles. The van der Waals surface area contributed by atoms with Crippen LogP contribution in [-0.4, -0.2) is 30.8 Å². The van der Waals surface area contributed by atoms with Gasteiger partial charge in [-0.2, -0.15) is 0 Å². The Labute approximate surface area is 130 Å². The van der Waals surface area contributed by atoms with E-state index in [1.165, 1.54) is 17.7 Å². The Kier molecular flexibility index (Phi) is 3.45. The van der Waals surface area contributed by atoms with Crippen LogP contribution in [0.15, 0.2) is 18.2 Å². The molecule has 0 radical (unpaired) electrons. The number of fused-ring (bicyclic) bond motifs is 1. The zero-order valence-electron chi connectivity index (χ0n) is 12.8. The second kappa shape index (κ2) is 5.47. The maximum atomic E-state index is 12.2. The monoisotopic (exact) mass is 301 g/mol. The number of hydrogen-bond donors (Lipinski definition) is 3. The number of benzene rings is 1. The first kappa shape index (κ1) is 13.9. The molecule has 3 aliphatic rings. The number of ether oxygens (including phenoxy) is 1. The predicted octanol–water partition coefficient (Wildman–Crippen LogP) is 2.88. The molecule has 2 fully saturated rings. The lowest BCUT2D eigenvalue weighted by molar-refractivity contribution is -0.134. The molecular weight excluding hydrogens is 278 g/mol. The maximum absolute atomic E-state index is 12.2. The van der Waals surface area contributed by atoms with Crippen molar-refractivity contribution in [1.29, 1.82) is 0 Å². The highest BCUT2D eigenvalue weighted by atomic mass is 16.5. The van der Waals surface area contributed by atoms with E-state index >= 15 is 0 Å². The maximum Gasteiger partial charge on any atom is 0.319 e. The Morgan fingerprint density at radius 1 is 1.36 bits per heavy atom. The highest BCUT2D eigenvalue weighted by Gasteiger charge is 2.42. The number of carbonyl (C=O) groups excluding carboxylic acids is 1. The molecule has 2 aliphatic heterocycles. The number of hydrogen-bond acceptors (Lipinski definition) is 3. The molecule has 1 aromatic rings. The van der Waals surface area contributed by atoms with Gasteiger partial charge in [-0.3, -0.25) is 0 Å². The summed E-state index contributed by atoms with van der Waals surface area (Å²) in [5.41, 5.74) is 3.39. The van der Waals surface area contributed by atoms with E-state index in [2.05, 4.69) is 22.0 Å². The molecule has 1 aromatic carbocycles. The fourth-order valence-corrected chi connectivity index (χ4v) is 3.81. The first-order valence-corrected chi connectivity index (χ1v) is 8.31. The van der Waals surface area contributed by atoms with E-state index in [1.807, 2.05) is 12.1 Å². The van der Waals surface area contributed by atoms with Gasteiger partial charge in [0.05, 0.1) is 5.60 Å². The largest absolute Gasteiger partial charge is 0.384 e. The second-order valence-corrected chi connectivity index (χ2v) is 6.72. The van der Waals surface area contributed by atoms with Gasteiger partial charge in [0.2, 0.25) is 0 Å². The molecule has 1 aliphatic carbocycles. The Morgan fingerprint density at radius 2 is 2.27 bits per heavy atom. The van der Waals surface area contributed by atoms with Gasteiger partial charge in [-0.25, -0.2) is 4.79 Å². The summed E-state index contributed by atoms with van der Waals surface area (Å²) in [6, 6.07) is 6.17. The molecule has 5 heteroatoms. The van der Waals surface area contributed by atoms with Gasteiger partial charge in [0.1, 0.15) is 0 Å². The molecule has 1 saturated heterocycles. The van der Waals surface area contributed by atoms with Gasteiger partial charge in [-0.1, -0.05) is 0 Å². The summed E-state index contributed by atoms with van der Waals surface area (Å²) in [5.74, 6) is 0. The Morgan fingerprint density at radius 3 is 3.09 bits per heavy atom. The molecule has 0 bridgehead atoms. The molecule has 3 N–H and O–H groups in total. The first-order valence-electron chi connectivity index (χ1n) is 8.31. The van der Waals surface area contributed by atoms with Crippen molar-refractivity contribution in [2.24, 2.45) is 0 Å². The third-order valence-corrected chi connectivity index (χ3v) is 5.17. The van der Waals surface area contributed by atoms with Gasteiger partial charge in [0, 0.05) is 30.6 Å². The van der Waals surface area contributed by atoms with E-state index in [0.29, 0.717) is 0 Å². The van der Waals surface area contributed by atoms with Crippen molar-refractivity contribution in [3.05, 3.63) is 23.8 Å². The van der Waals surface area contributed by atoms with Crippen molar-refractivity contribution in [3.8, 4) is 0 Å². The zero-order valence-corrected chi connectivity index (χ0v) is 12.8. The number of anilines is 2. The van der Waals surface area contributed by atoms with Crippen molar-refractivity contribution in [2.45, 2.75) is 50.2 Å². The highest BCUT2D eigenvalue weighted by Crippen LogP contribution is 2.42. The molecule has 2 amide bonds. The van der Waals surface area contributed by atoms with Crippen molar-refractivity contribution in [3.63, 3.8) is 0 Å². The second-order valence-electron chi connectivity index (χ2n) is 6.72. The summed E-state index contributed by atoms with van der Waals surface area (Å²) in [5, 5.41) is 9.40. The minimum Gasteiger partial charge on any atom is -0.384 e. The van der Waals surface area contributed by atoms with Gasteiger partial charge < -0.3 is 20.7 Å². The molecule has 1 atom stereocenters. The van der Waals surface area contributed by atoms with E-state index < -0.39 is 0 Å². The van der Waals surface area contributed by atoms with Crippen LogP contribution in [0.3, 0.4) is 0 Å². The van der Waals surface area contributed by atoms with Gasteiger partial charge in [-0.05, 0) is 62.3 Å². The average Bonchev–Trinajstić information content (AvgIpc) is 2.93. The van der Waals surface area contributed by atoms with E-state index in [1.54, 1.807) is 0 Å². The van der Waals surface area contributed by atoms with Crippen LogP contribution in [0.25, 0.3) is 0 Å². The smallest absolute Gasteiger partial charge is 0.319 e. The highest BCUT2D eigenvalue weighted by molar-refractivity contribution is 5.90. The number of nitrogens with one attached hydrogen (secondary N) is 3. The third kappa shape index (κ3) is 2.65. The molecule has 1 spiro atoms. The summed E-state index contributed by atoms with van der Waals surface area (Å²) in [6.07, 6.45) is 6.42. The Bertz CT molecular complexity index is 583. The lowest BCUT2D eigenvalue weighted by Crippen LogP contribution is -2.52. The Hall–Kier alpha value is -1.75. The topological polar surface area (TPSA) is 62.4 Å². The lowest BCUT2D eigenvalue weighted by Gasteiger charge is -2.47. The molecule has 0 aromatic heterocycles. The number of urea groups is 1. The fraction of sp³-hybridized carbons (Fsp3) is 0.588. The van der Waals surface area contributed by atoms with Crippen molar-refractivity contribution in [1.82, 2.24) is 5.32 Å². The minimum atomic E-state index is -0.104. The number of rotatable bonds is 2. The van der Waals surface area contributed by atoms with Crippen LogP contribution >= 0.6 is 0 Å². The van der Waals surface area contributed by atoms with Crippen LogP contribution in [-0.2, 0) is 11.2 Å². The molecule has 5 nitrogen and oxygen atoms in total. The van der Waals surface area contributed by atoms with Crippen LogP contribution in [0, 0.1) is 0 Å². The standard InChI is InChI=1S/C17H23N3O2/c21-16(19-13-2-3-15-12(10-13)4-8-18-15)20-14-5-9-22-17(11-14)6-1-7-17/h2-3,10,14,18H,1,4-9,11H2,(H2,19,20,21). The zero-order chi connectivity index (χ0) is 15.0. The molecule has 1 unspecified atom stereocenters. The SMILES string of the molecule is O=C(Nc1ccc2c(c1)CCN2)NC1CCOC2(CCC2)C1. The summed E-state index contributed by atoms with van der Waals surface area (Å²) < 4.78 is 5.90. The summed E-state index contributed by atoms with van der Waals surface area (Å²) >= 11 is 0. The van der Waals surface area contributed by atoms with Gasteiger partial charge in [0.15, 0.2) is 0 Å².